The molecule has 1 unspecified atom stereocenters. The molecule has 1 atom stereocenters. The van der Waals surface area contributed by atoms with E-state index in [1.54, 1.807) is 7.11 Å². The van der Waals surface area contributed by atoms with Crippen molar-refractivity contribution in [3.8, 4) is 0 Å². The highest BCUT2D eigenvalue weighted by Gasteiger charge is 1.97. The SMILES string of the molecule is COC(C)/C=C(\C)c1ccccc1. The van der Waals surface area contributed by atoms with Crippen molar-refractivity contribution in [2.24, 2.45) is 0 Å². The van der Waals surface area contributed by atoms with Crippen LogP contribution < -0.4 is 0 Å². The van der Waals surface area contributed by atoms with Crippen LogP contribution in [0.25, 0.3) is 5.57 Å². The highest BCUT2D eigenvalue weighted by Crippen LogP contribution is 2.13. The molecular weight excluding hydrogens is 160 g/mol. The largest absolute Gasteiger partial charge is 0.378 e. The number of ether oxygens (including phenoxy) is 1. The molecule has 1 nitrogen and oxygen atoms in total. The molecule has 1 heteroatoms. The van der Waals surface area contributed by atoms with Gasteiger partial charge in [0.25, 0.3) is 0 Å². The van der Waals surface area contributed by atoms with Crippen molar-refractivity contribution in [2.45, 2.75) is 20.0 Å². The fourth-order valence-corrected chi connectivity index (χ4v) is 1.22. The first-order valence-electron chi connectivity index (χ1n) is 4.50. The van der Waals surface area contributed by atoms with E-state index in [9.17, 15) is 0 Å². The summed E-state index contributed by atoms with van der Waals surface area (Å²) in [6.07, 6.45) is 2.30. The summed E-state index contributed by atoms with van der Waals surface area (Å²) in [6, 6.07) is 10.3. The van der Waals surface area contributed by atoms with E-state index in [2.05, 4.69) is 25.1 Å². The van der Waals surface area contributed by atoms with E-state index in [1.807, 2.05) is 25.1 Å². The van der Waals surface area contributed by atoms with Crippen molar-refractivity contribution in [2.75, 3.05) is 7.11 Å². The molecule has 0 heterocycles. The third-order valence-electron chi connectivity index (χ3n) is 2.09. The second kappa shape index (κ2) is 4.83. The lowest BCUT2D eigenvalue weighted by Gasteiger charge is -2.06. The summed E-state index contributed by atoms with van der Waals surface area (Å²) >= 11 is 0. The van der Waals surface area contributed by atoms with Crippen molar-refractivity contribution < 1.29 is 4.74 Å². The van der Waals surface area contributed by atoms with Gasteiger partial charge < -0.3 is 4.74 Å². The molecule has 70 valence electrons. The third-order valence-corrected chi connectivity index (χ3v) is 2.09. The van der Waals surface area contributed by atoms with E-state index < -0.39 is 0 Å². The molecule has 0 aliphatic carbocycles. The van der Waals surface area contributed by atoms with Gasteiger partial charge in [0.05, 0.1) is 6.10 Å². The Balaban J connectivity index is 2.79. The summed E-state index contributed by atoms with van der Waals surface area (Å²) in [6.45, 7) is 4.14. The number of benzene rings is 1. The molecule has 0 spiro atoms. The van der Waals surface area contributed by atoms with Gasteiger partial charge >= 0.3 is 0 Å². The first kappa shape index (κ1) is 10.0. The number of methoxy groups -OCH3 is 1. The fourth-order valence-electron chi connectivity index (χ4n) is 1.22. The maximum absolute atomic E-state index is 5.17. The van der Waals surface area contributed by atoms with Crippen LogP contribution in [0.3, 0.4) is 0 Å². The molecule has 1 aromatic carbocycles. The molecule has 13 heavy (non-hydrogen) atoms. The Labute approximate surface area is 80.0 Å². The summed E-state index contributed by atoms with van der Waals surface area (Å²) in [7, 11) is 1.72. The van der Waals surface area contributed by atoms with E-state index in [0.29, 0.717) is 0 Å². The van der Waals surface area contributed by atoms with Gasteiger partial charge in [0.15, 0.2) is 0 Å². The molecule has 0 fully saturated rings. The zero-order valence-corrected chi connectivity index (χ0v) is 8.45. The van der Waals surface area contributed by atoms with Gasteiger partial charge in [-0.1, -0.05) is 36.4 Å². The van der Waals surface area contributed by atoms with Gasteiger partial charge in [-0.3, -0.25) is 0 Å². The number of hydrogen-bond acceptors (Lipinski definition) is 1. The first-order chi connectivity index (χ1) is 6.24. The standard InChI is InChI=1S/C12H16O/c1-10(9-11(2)13-3)12-7-5-4-6-8-12/h4-9,11H,1-3H3/b10-9+. The number of rotatable bonds is 3. The molecule has 0 saturated heterocycles. The van der Waals surface area contributed by atoms with E-state index in [4.69, 9.17) is 4.74 Å². The van der Waals surface area contributed by atoms with Gasteiger partial charge in [0.2, 0.25) is 0 Å². The Morgan fingerprint density at radius 2 is 1.92 bits per heavy atom. The Bertz CT molecular complexity index is 274. The lowest BCUT2D eigenvalue weighted by atomic mass is 10.1. The second-order valence-corrected chi connectivity index (χ2v) is 3.16. The predicted octanol–water partition coefficient (Wildman–Crippen LogP) is 3.12. The molecule has 1 rings (SSSR count). The molecule has 1 aromatic rings. The van der Waals surface area contributed by atoms with Gasteiger partial charge in [-0.25, -0.2) is 0 Å². The molecular formula is C12H16O. The van der Waals surface area contributed by atoms with Crippen LogP contribution in [0, 0.1) is 0 Å². The average molecular weight is 176 g/mol. The third kappa shape index (κ3) is 3.03. The smallest absolute Gasteiger partial charge is 0.0729 e. The summed E-state index contributed by atoms with van der Waals surface area (Å²) in [5.41, 5.74) is 2.52. The number of allylic oxidation sites excluding steroid dienone is 1. The number of hydrogen-bond donors (Lipinski definition) is 0. The Morgan fingerprint density at radius 1 is 1.31 bits per heavy atom. The van der Waals surface area contributed by atoms with E-state index in [-0.39, 0.29) is 6.10 Å². The molecule has 0 N–H and O–H groups in total. The topological polar surface area (TPSA) is 9.23 Å². The van der Waals surface area contributed by atoms with E-state index in [0.717, 1.165) is 0 Å². The lowest BCUT2D eigenvalue weighted by Crippen LogP contribution is -2.00. The van der Waals surface area contributed by atoms with Crippen molar-refractivity contribution in [1.82, 2.24) is 0 Å². The van der Waals surface area contributed by atoms with Crippen LogP contribution >= 0.6 is 0 Å². The minimum Gasteiger partial charge on any atom is -0.378 e. The Hall–Kier alpha value is -1.08. The zero-order chi connectivity index (χ0) is 9.68. The van der Waals surface area contributed by atoms with Crippen molar-refractivity contribution in [3.63, 3.8) is 0 Å². The molecule has 0 aliphatic heterocycles. The second-order valence-electron chi connectivity index (χ2n) is 3.16. The van der Waals surface area contributed by atoms with Crippen LogP contribution in [0.2, 0.25) is 0 Å². The van der Waals surface area contributed by atoms with E-state index in [1.165, 1.54) is 11.1 Å². The predicted molar refractivity (Wildman–Crippen MR) is 56.6 cm³/mol. The summed E-state index contributed by atoms with van der Waals surface area (Å²) in [4.78, 5) is 0. The zero-order valence-electron chi connectivity index (χ0n) is 8.45. The van der Waals surface area contributed by atoms with Crippen molar-refractivity contribution in [1.29, 1.82) is 0 Å². The van der Waals surface area contributed by atoms with Gasteiger partial charge in [-0.05, 0) is 25.0 Å². The molecule has 0 radical (unpaired) electrons. The minimum absolute atomic E-state index is 0.181. The quantitative estimate of drug-likeness (QED) is 0.687. The lowest BCUT2D eigenvalue weighted by molar-refractivity contribution is 0.156. The molecule has 0 bridgehead atoms. The van der Waals surface area contributed by atoms with Gasteiger partial charge in [0.1, 0.15) is 0 Å². The van der Waals surface area contributed by atoms with Crippen LogP contribution in [-0.2, 0) is 4.74 Å². The van der Waals surface area contributed by atoms with Gasteiger partial charge in [0, 0.05) is 7.11 Å². The van der Waals surface area contributed by atoms with Crippen LogP contribution in [0.5, 0.6) is 0 Å². The van der Waals surface area contributed by atoms with Gasteiger partial charge in [-0.2, -0.15) is 0 Å². The summed E-state index contributed by atoms with van der Waals surface area (Å²) in [5, 5.41) is 0. The monoisotopic (exact) mass is 176 g/mol. The molecule has 0 saturated carbocycles. The van der Waals surface area contributed by atoms with Crippen LogP contribution in [-0.4, -0.2) is 13.2 Å². The van der Waals surface area contributed by atoms with Crippen LogP contribution in [0.1, 0.15) is 19.4 Å². The van der Waals surface area contributed by atoms with E-state index >= 15 is 0 Å². The molecule has 0 aliphatic rings. The van der Waals surface area contributed by atoms with Crippen molar-refractivity contribution in [3.05, 3.63) is 42.0 Å². The highest BCUT2D eigenvalue weighted by molar-refractivity contribution is 5.63. The minimum atomic E-state index is 0.181. The summed E-state index contributed by atoms with van der Waals surface area (Å²) in [5.74, 6) is 0. The summed E-state index contributed by atoms with van der Waals surface area (Å²) < 4.78 is 5.17. The maximum atomic E-state index is 5.17. The fraction of sp³-hybridized carbons (Fsp3) is 0.333. The van der Waals surface area contributed by atoms with Crippen molar-refractivity contribution >= 4 is 5.57 Å². The Kier molecular flexibility index (Phi) is 3.71. The van der Waals surface area contributed by atoms with Crippen LogP contribution in [0.4, 0.5) is 0 Å². The highest BCUT2D eigenvalue weighted by atomic mass is 16.5. The van der Waals surface area contributed by atoms with Crippen LogP contribution in [0.15, 0.2) is 36.4 Å². The normalized spacial score (nSPS) is 14.2. The first-order valence-corrected chi connectivity index (χ1v) is 4.50. The molecule has 0 amide bonds. The van der Waals surface area contributed by atoms with Gasteiger partial charge in [-0.15, -0.1) is 0 Å². The molecule has 0 aromatic heterocycles. The maximum Gasteiger partial charge on any atom is 0.0729 e. The average Bonchev–Trinajstić information content (AvgIpc) is 2.19. The Morgan fingerprint density at radius 3 is 2.46 bits per heavy atom.